The number of hydrogen-bond acceptors (Lipinski definition) is 2. The van der Waals surface area contributed by atoms with Crippen LogP contribution in [0.25, 0.3) is 0 Å². The van der Waals surface area contributed by atoms with Crippen LogP contribution >= 0.6 is 0 Å². The molecule has 3 rings (SSSR count). The van der Waals surface area contributed by atoms with Gasteiger partial charge in [-0.15, -0.1) is 0 Å². The van der Waals surface area contributed by atoms with Crippen LogP contribution in [0.5, 0.6) is 0 Å². The Kier molecular flexibility index (Phi) is 2.37. The zero-order chi connectivity index (χ0) is 12.3. The second-order valence-electron chi connectivity index (χ2n) is 7.12. The molecular weight excluding hydrogens is 212 g/mol. The lowest BCUT2D eigenvalue weighted by Crippen LogP contribution is -2.48. The van der Waals surface area contributed by atoms with Crippen molar-refractivity contribution in [3.05, 3.63) is 0 Å². The molecule has 3 aliphatic rings. The Labute approximate surface area is 104 Å². The van der Waals surface area contributed by atoms with Gasteiger partial charge in [0.15, 0.2) is 0 Å². The predicted molar refractivity (Wildman–Crippen MR) is 66.5 cm³/mol. The van der Waals surface area contributed by atoms with Crippen LogP contribution in [-0.4, -0.2) is 12.1 Å². The average molecular weight is 236 g/mol. The van der Waals surface area contributed by atoms with E-state index >= 15 is 0 Å². The van der Waals surface area contributed by atoms with Crippen LogP contribution in [0.1, 0.15) is 59.3 Å². The van der Waals surface area contributed by atoms with E-state index in [0.717, 1.165) is 0 Å². The number of hydrogen-bond donors (Lipinski definition) is 0. The summed E-state index contributed by atoms with van der Waals surface area (Å²) >= 11 is 0. The molecule has 3 fully saturated rings. The number of carbonyl (C=O) groups excluding carboxylic acids is 1. The van der Waals surface area contributed by atoms with Gasteiger partial charge in [0.2, 0.25) is 0 Å². The monoisotopic (exact) mass is 236 g/mol. The van der Waals surface area contributed by atoms with Gasteiger partial charge in [-0.1, -0.05) is 20.3 Å². The van der Waals surface area contributed by atoms with Crippen LogP contribution in [0.15, 0.2) is 0 Å². The van der Waals surface area contributed by atoms with Crippen LogP contribution in [0.4, 0.5) is 0 Å². The number of fused-ring (bicyclic) bond motifs is 1. The maximum Gasteiger partial charge on any atom is 0.302 e. The van der Waals surface area contributed by atoms with E-state index < -0.39 is 0 Å². The van der Waals surface area contributed by atoms with Crippen LogP contribution in [0, 0.1) is 22.7 Å². The van der Waals surface area contributed by atoms with E-state index in [1.165, 1.54) is 38.5 Å². The smallest absolute Gasteiger partial charge is 0.302 e. The number of rotatable bonds is 1. The van der Waals surface area contributed by atoms with E-state index in [9.17, 15) is 4.79 Å². The van der Waals surface area contributed by atoms with Gasteiger partial charge >= 0.3 is 5.97 Å². The molecule has 0 N–H and O–H groups in total. The van der Waals surface area contributed by atoms with Crippen molar-refractivity contribution in [2.24, 2.45) is 22.7 Å². The van der Waals surface area contributed by atoms with Crippen LogP contribution < -0.4 is 0 Å². The molecule has 0 saturated heterocycles. The van der Waals surface area contributed by atoms with E-state index in [4.69, 9.17) is 4.74 Å². The summed E-state index contributed by atoms with van der Waals surface area (Å²) in [5.74, 6) is 1.22. The topological polar surface area (TPSA) is 26.3 Å². The average Bonchev–Trinajstić information content (AvgIpc) is 2.76. The van der Waals surface area contributed by atoms with E-state index in [2.05, 4.69) is 13.8 Å². The van der Waals surface area contributed by atoms with Gasteiger partial charge in [-0.3, -0.25) is 4.79 Å². The molecule has 4 atom stereocenters. The molecular formula is C15H24O2. The van der Waals surface area contributed by atoms with Crippen molar-refractivity contribution >= 4 is 5.97 Å². The van der Waals surface area contributed by atoms with Crippen LogP contribution in [0.2, 0.25) is 0 Å². The van der Waals surface area contributed by atoms with Crippen molar-refractivity contribution in [2.75, 3.05) is 0 Å². The summed E-state index contributed by atoms with van der Waals surface area (Å²) in [5, 5.41) is 0. The minimum absolute atomic E-state index is 0.0823. The molecule has 2 heteroatoms. The Morgan fingerprint density at radius 1 is 1.24 bits per heavy atom. The highest BCUT2D eigenvalue weighted by Crippen LogP contribution is 2.70. The molecule has 0 radical (unpaired) electrons. The highest BCUT2D eigenvalue weighted by Gasteiger charge is 2.65. The zero-order valence-electron chi connectivity index (χ0n) is 11.3. The molecule has 0 aromatic rings. The molecule has 4 unspecified atom stereocenters. The summed E-state index contributed by atoms with van der Waals surface area (Å²) in [6.07, 6.45) is 8.12. The van der Waals surface area contributed by atoms with Crippen molar-refractivity contribution in [1.82, 2.24) is 0 Å². The zero-order valence-corrected chi connectivity index (χ0v) is 11.3. The Hall–Kier alpha value is -0.530. The molecule has 17 heavy (non-hydrogen) atoms. The molecule has 3 aliphatic carbocycles. The third kappa shape index (κ3) is 1.42. The summed E-state index contributed by atoms with van der Waals surface area (Å²) in [7, 11) is 0. The molecule has 1 spiro atoms. The summed E-state index contributed by atoms with van der Waals surface area (Å²) in [6, 6.07) is 0. The number of ether oxygens (including phenoxy) is 1. The Morgan fingerprint density at radius 2 is 2.00 bits per heavy atom. The van der Waals surface area contributed by atoms with E-state index in [1.807, 2.05) is 0 Å². The normalized spacial score (nSPS) is 46.6. The van der Waals surface area contributed by atoms with Crippen LogP contribution in [-0.2, 0) is 9.53 Å². The molecule has 0 heterocycles. The fourth-order valence-electron chi connectivity index (χ4n) is 5.32. The molecule has 0 aromatic carbocycles. The second kappa shape index (κ2) is 3.49. The lowest BCUT2D eigenvalue weighted by Gasteiger charge is -2.53. The first-order valence-corrected chi connectivity index (χ1v) is 7.13. The largest absolute Gasteiger partial charge is 0.462 e. The van der Waals surface area contributed by atoms with Crippen molar-refractivity contribution < 1.29 is 9.53 Å². The number of esters is 1. The first kappa shape index (κ1) is 11.6. The van der Waals surface area contributed by atoms with Gasteiger partial charge in [-0.25, -0.2) is 0 Å². The van der Waals surface area contributed by atoms with Crippen molar-refractivity contribution in [3.63, 3.8) is 0 Å². The fraction of sp³-hybridized carbons (Fsp3) is 0.933. The summed E-state index contributed by atoms with van der Waals surface area (Å²) in [4.78, 5) is 11.3. The van der Waals surface area contributed by atoms with E-state index in [0.29, 0.717) is 22.7 Å². The van der Waals surface area contributed by atoms with Gasteiger partial charge in [0.1, 0.15) is 6.10 Å². The third-order valence-corrected chi connectivity index (χ3v) is 6.13. The lowest BCUT2D eigenvalue weighted by atomic mass is 9.53. The minimum Gasteiger partial charge on any atom is -0.462 e. The predicted octanol–water partition coefficient (Wildman–Crippen LogP) is 3.54. The quantitative estimate of drug-likeness (QED) is 0.651. The maximum atomic E-state index is 11.3. The lowest BCUT2D eigenvalue weighted by molar-refractivity contribution is -0.158. The SMILES string of the molecule is CC(=O)OC1C2CCC3(C2)C1CCCC3(C)C. The van der Waals surface area contributed by atoms with Gasteiger partial charge < -0.3 is 4.74 Å². The van der Waals surface area contributed by atoms with Gasteiger partial charge in [0.25, 0.3) is 0 Å². The van der Waals surface area contributed by atoms with E-state index in [1.54, 1.807) is 6.92 Å². The molecule has 3 saturated carbocycles. The fourth-order valence-corrected chi connectivity index (χ4v) is 5.32. The van der Waals surface area contributed by atoms with Gasteiger partial charge in [0, 0.05) is 12.8 Å². The molecule has 0 aromatic heterocycles. The summed E-state index contributed by atoms with van der Waals surface area (Å²) in [6.45, 7) is 6.45. The van der Waals surface area contributed by atoms with Crippen LogP contribution in [0.3, 0.4) is 0 Å². The van der Waals surface area contributed by atoms with Gasteiger partial charge in [-0.2, -0.15) is 0 Å². The molecule has 0 aliphatic heterocycles. The molecule has 2 nitrogen and oxygen atoms in total. The minimum atomic E-state index is -0.0823. The van der Waals surface area contributed by atoms with Crippen molar-refractivity contribution in [1.29, 1.82) is 0 Å². The molecule has 2 bridgehead atoms. The van der Waals surface area contributed by atoms with E-state index in [-0.39, 0.29) is 12.1 Å². The van der Waals surface area contributed by atoms with Crippen molar-refractivity contribution in [3.8, 4) is 0 Å². The Morgan fingerprint density at radius 3 is 2.71 bits per heavy atom. The highest BCUT2D eigenvalue weighted by atomic mass is 16.5. The molecule has 96 valence electrons. The van der Waals surface area contributed by atoms with Crippen molar-refractivity contribution in [2.45, 2.75) is 65.4 Å². The van der Waals surface area contributed by atoms with Gasteiger partial charge in [0.05, 0.1) is 0 Å². The first-order valence-electron chi connectivity index (χ1n) is 7.13. The standard InChI is InChI=1S/C15H24O2/c1-10(16)17-13-11-6-8-15(9-11)12(13)5-4-7-14(15,2)3/h11-13H,4-9H2,1-3H3. The number of carbonyl (C=O) groups is 1. The second-order valence-corrected chi connectivity index (χ2v) is 7.12. The highest BCUT2D eigenvalue weighted by molar-refractivity contribution is 5.66. The third-order valence-electron chi connectivity index (χ3n) is 6.13. The van der Waals surface area contributed by atoms with Gasteiger partial charge in [-0.05, 0) is 48.9 Å². The first-order chi connectivity index (χ1) is 7.96. The summed E-state index contributed by atoms with van der Waals surface area (Å²) in [5.41, 5.74) is 0.926. The Bertz CT molecular complexity index is 347. The maximum absolute atomic E-state index is 11.3. The molecule has 0 amide bonds. The summed E-state index contributed by atoms with van der Waals surface area (Å²) < 4.78 is 5.66. The Balaban J connectivity index is 1.92.